The first-order valence-electron chi connectivity index (χ1n) is 6.07. The van der Waals surface area contributed by atoms with Crippen LogP contribution in [0, 0.1) is 0 Å². The Bertz CT molecular complexity index is 579. The zero-order valence-electron chi connectivity index (χ0n) is 10.6. The van der Waals surface area contributed by atoms with Crippen LogP contribution in [0.3, 0.4) is 0 Å². The second kappa shape index (κ2) is 4.10. The maximum absolute atomic E-state index is 6.28. The van der Waals surface area contributed by atoms with Crippen molar-refractivity contribution < 1.29 is 4.74 Å². The van der Waals surface area contributed by atoms with Gasteiger partial charge >= 0.3 is 0 Å². The summed E-state index contributed by atoms with van der Waals surface area (Å²) in [6.45, 7) is 6.69. The smallest absolute Gasteiger partial charge is 0.106 e. The van der Waals surface area contributed by atoms with Crippen LogP contribution in [0.5, 0.6) is 0 Å². The number of rotatable bonds is 1. The summed E-state index contributed by atoms with van der Waals surface area (Å²) < 4.78 is 6.69. The molecule has 0 amide bonds. The zero-order valence-corrected chi connectivity index (χ0v) is 11.5. The van der Waals surface area contributed by atoms with E-state index in [4.69, 9.17) is 10.5 Å². The molecule has 1 aromatic carbocycles. The lowest BCUT2D eigenvalue weighted by Crippen LogP contribution is -2.53. The molecule has 1 saturated heterocycles. The summed E-state index contributed by atoms with van der Waals surface area (Å²) in [5.74, 6) is 0. The molecule has 0 aliphatic carbocycles. The number of hydrogen-bond donors (Lipinski definition) is 1. The molecule has 1 aliphatic heterocycles. The van der Waals surface area contributed by atoms with Gasteiger partial charge < -0.3 is 15.4 Å². The summed E-state index contributed by atoms with van der Waals surface area (Å²) in [6.07, 6.45) is 0. The van der Waals surface area contributed by atoms with Crippen LogP contribution in [-0.2, 0) is 4.74 Å². The Hall–Kier alpha value is -1.33. The number of hydrogen-bond acceptors (Lipinski definition) is 5. The van der Waals surface area contributed by atoms with Gasteiger partial charge in [-0.15, -0.1) is 11.3 Å². The Morgan fingerprint density at radius 3 is 3.06 bits per heavy atom. The molecule has 0 spiro atoms. The molecule has 18 heavy (non-hydrogen) atoms. The van der Waals surface area contributed by atoms with E-state index in [9.17, 15) is 0 Å². The summed E-state index contributed by atoms with van der Waals surface area (Å²) in [5, 5.41) is 0. The number of thiazole rings is 1. The van der Waals surface area contributed by atoms with Gasteiger partial charge in [-0.2, -0.15) is 0 Å². The summed E-state index contributed by atoms with van der Waals surface area (Å²) in [4.78, 5) is 6.68. The fourth-order valence-electron chi connectivity index (χ4n) is 2.48. The third-order valence-corrected chi connectivity index (χ3v) is 4.25. The van der Waals surface area contributed by atoms with Gasteiger partial charge in [0.05, 0.1) is 40.3 Å². The predicted molar refractivity (Wildman–Crippen MR) is 76.3 cm³/mol. The highest BCUT2D eigenvalue weighted by atomic mass is 32.1. The number of aromatic nitrogens is 1. The van der Waals surface area contributed by atoms with E-state index < -0.39 is 0 Å². The van der Waals surface area contributed by atoms with Crippen LogP contribution in [-0.4, -0.2) is 30.3 Å². The Labute approximate surface area is 110 Å². The number of fused-ring (bicyclic) bond motifs is 1. The van der Waals surface area contributed by atoms with E-state index in [0.29, 0.717) is 0 Å². The van der Waals surface area contributed by atoms with Crippen molar-refractivity contribution in [2.45, 2.75) is 19.4 Å². The number of ether oxygens (including phenoxy) is 1. The Morgan fingerprint density at radius 2 is 2.28 bits per heavy atom. The van der Waals surface area contributed by atoms with Gasteiger partial charge in [0.2, 0.25) is 0 Å². The first kappa shape index (κ1) is 11.7. The number of nitrogen functional groups attached to an aromatic ring is 1. The van der Waals surface area contributed by atoms with E-state index in [1.165, 1.54) is 0 Å². The van der Waals surface area contributed by atoms with Gasteiger partial charge in [0.25, 0.3) is 0 Å². The van der Waals surface area contributed by atoms with Crippen molar-refractivity contribution in [1.82, 2.24) is 4.98 Å². The number of benzene rings is 1. The first-order valence-corrected chi connectivity index (χ1v) is 6.94. The van der Waals surface area contributed by atoms with Gasteiger partial charge in [-0.25, -0.2) is 4.98 Å². The molecule has 96 valence electrons. The van der Waals surface area contributed by atoms with Crippen molar-refractivity contribution in [3.63, 3.8) is 0 Å². The molecule has 2 aromatic rings. The highest BCUT2D eigenvalue weighted by molar-refractivity contribution is 7.16. The lowest BCUT2D eigenvalue weighted by molar-refractivity contribution is 0.0645. The minimum absolute atomic E-state index is 0.0317. The van der Waals surface area contributed by atoms with Gasteiger partial charge in [-0.05, 0) is 26.0 Å². The second-order valence-corrected chi connectivity index (χ2v) is 6.10. The molecule has 2 N–H and O–H groups in total. The molecule has 2 heterocycles. The Kier molecular flexibility index (Phi) is 2.68. The molecule has 4 nitrogen and oxygen atoms in total. The fraction of sp³-hybridized carbons (Fsp3) is 0.462. The third kappa shape index (κ3) is 1.74. The van der Waals surface area contributed by atoms with E-state index >= 15 is 0 Å². The SMILES string of the molecule is CC1(C)COCCN1c1ccc2scnc2c1N. The van der Waals surface area contributed by atoms with Crippen LogP contribution in [0.25, 0.3) is 10.2 Å². The lowest BCUT2D eigenvalue weighted by atomic mass is 10.0. The van der Waals surface area contributed by atoms with E-state index in [2.05, 4.69) is 35.9 Å². The molecular weight excluding hydrogens is 246 g/mol. The van der Waals surface area contributed by atoms with Crippen LogP contribution < -0.4 is 10.6 Å². The number of morpholine rings is 1. The fourth-order valence-corrected chi connectivity index (χ4v) is 3.17. The minimum Gasteiger partial charge on any atom is -0.395 e. The van der Waals surface area contributed by atoms with Crippen molar-refractivity contribution in [3.05, 3.63) is 17.6 Å². The normalized spacial score (nSPS) is 19.3. The van der Waals surface area contributed by atoms with Crippen LogP contribution >= 0.6 is 11.3 Å². The Balaban J connectivity index is 2.10. The Morgan fingerprint density at radius 1 is 1.44 bits per heavy atom. The topological polar surface area (TPSA) is 51.4 Å². The average Bonchev–Trinajstić information content (AvgIpc) is 2.79. The number of nitrogens with two attached hydrogens (primary N) is 1. The average molecular weight is 263 g/mol. The van der Waals surface area contributed by atoms with Gasteiger partial charge in [-0.1, -0.05) is 0 Å². The predicted octanol–water partition coefficient (Wildman–Crippen LogP) is 2.49. The summed E-state index contributed by atoms with van der Waals surface area (Å²) in [5.41, 5.74) is 10.9. The largest absolute Gasteiger partial charge is 0.395 e. The molecule has 0 saturated carbocycles. The molecule has 3 rings (SSSR count). The second-order valence-electron chi connectivity index (χ2n) is 5.21. The quantitative estimate of drug-likeness (QED) is 0.803. The van der Waals surface area contributed by atoms with Crippen molar-refractivity contribution in [1.29, 1.82) is 0 Å². The lowest BCUT2D eigenvalue weighted by Gasteiger charge is -2.44. The first-order chi connectivity index (χ1) is 8.59. The molecule has 0 bridgehead atoms. The van der Waals surface area contributed by atoms with Crippen LogP contribution in [0.2, 0.25) is 0 Å². The zero-order chi connectivity index (χ0) is 12.8. The number of anilines is 2. The van der Waals surface area contributed by atoms with E-state index in [1.54, 1.807) is 11.3 Å². The summed E-state index contributed by atoms with van der Waals surface area (Å²) in [6, 6.07) is 4.20. The van der Waals surface area contributed by atoms with E-state index in [1.807, 2.05) is 5.51 Å². The van der Waals surface area contributed by atoms with Crippen molar-refractivity contribution in [2.75, 3.05) is 30.4 Å². The molecule has 0 radical (unpaired) electrons. The highest BCUT2D eigenvalue weighted by Gasteiger charge is 2.32. The standard InChI is InChI=1S/C13H17N3OS/c1-13(2)7-17-6-5-16(13)9-3-4-10-12(11(9)14)15-8-18-10/h3-4,8H,5-7,14H2,1-2H3. The van der Waals surface area contributed by atoms with Crippen LogP contribution in [0.4, 0.5) is 11.4 Å². The summed E-state index contributed by atoms with van der Waals surface area (Å²) in [7, 11) is 0. The third-order valence-electron chi connectivity index (χ3n) is 3.45. The summed E-state index contributed by atoms with van der Waals surface area (Å²) >= 11 is 1.62. The maximum Gasteiger partial charge on any atom is 0.106 e. The minimum atomic E-state index is -0.0317. The van der Waals surface area contributed by atoms with Crippen molar-refractivity contribution in [3.8, 4) is 0 Å². The highest BCUT2D eigenvalue weighted by Crippen LogP contribution is 2.36. The monoisotopic (exact) mass is 263 g/mol. The van der Waals surface area contributed by atoms with Gasteiger partial charge in [-0.3, -0.25) is 0 Å². The molecule has 5 heteroatoms. The molecule has 0 unspecified atom stereocenters. The van der Waals surface area contributed by atoms with Crippen LogP contribution in [0.15, 0.2) is 17.6 Å². The van der Waals surface area contributed by atoms with Crippen molar-refractivity contribution >= 4 is 32.9 Å². The molecule has 1 aromatic heterocycles. The molecule has 1 fully saturated rings. The number of nitrogens with zero attached hydrogens (tertiary/aromatic N) is 2. The van der Waals surface area contributed by atoms with Gasteiger partial charge in [0, 0.05) is 6.54 Å². The van der Waals surface area contributed by atoms with Crippen LogP contribution in [0.1, 0.15) is 13.8 Å². The van der Waals surface area contributed by atoms with Crippen molar-refractivity contribution in [2.24, 2.45) is 0 Å². The maximum atomic E-state index is 6.28. The molecule has 1 aliphatic rings. The van der Waals surface area contributed by atoms with Gasteiger partial charge in [0.15, 0.2) is 0 Å². The molecular formula is C13H17N3OS. The van der Waals surface area contributed by atoms with Gasteiger partial charge in [0.1, 0.15) is 5.52 Å². The molecule has 0 atom stereocenters. The van der Waals surface area contributed by atoms with E-state index in [-0.39, 0.29) is 5.54 Å². The van der Waals surface area contributed by atoms with E-state index in [0.717, 1.165) is 41.3 Å².